The number of nitrogens with zero attached hydrogens (tertiary/aromatic N) is 2. The van der Waals surface area contributed by atoms with Crippen LogP contribution in [0, 0.1) is 17.0 Å². The Hall–Kier alpha value is -1.69. The third-order valence-corrected chi connectivity index (χ3v) is 1.94. The number of rotatable bonds is 5. The van der Waals surface area contributed by atoms with Crippen LogP contribution in [-0.4, -0.2) is 27.7 Å². The summed E-state index contributed by atoms with van der Waals surface area (Å²) in [7, 11) is 0. The molecular weight excluding hydrogens is 212 g/mol. The Morgan fingerprint density at radius 2 is 2.31 bits per heavy atom. The van der Waals surface area contributed by atoms with Crippen molar-refractivity contribution in [3.8, 4) is 5.75 Å². The minimum atomic E-state index is -0.579. The van der Waals surface area contributed by atoms with Gasteiger partial charge in [0, 0.05) is 13.3 Å². The fourth-order valence-corrected chi connectivity index (χ4v) is 1.11. The molecule has 6 heteroatoms. The second-order valence-corrected chi connectivity index (χ2v) is 3.52. The summed E-state index contributed by atoms with van der Waals surface area (Å²) in [5.74, 6) is -0.151. The average molecular weight is 226 g/mol. The molecule has 1 rings (SSSR count). The number of hydrogen-bond acceptors (Lipinski definition) is 5. The zero-order valence-electron chi connectivity index (χ0n) is 9.21. The van der Waals surface area contributed by atoms with Crippen molar-refractivity contribution in [3.05, 3.63) is 27.9 Å². The molecule has 0 aromatic carbocycles. The highest BCUT2D eigenvalue weighted by Gasteiger charge is 2.17. The van der Waals surface area contributed by atoms with Crippen LogP contribution in [0.5, 0.6) is 5.75 Å². The number of aryl methyl sites for hydroxylation is 1. The third kappa shape index (κ3) is 3.47. The second kappa shape index (κ2) is 5.41. The van der Waals surface area contributed by atoms with Gasteiger partial charge in [-0.15, -0.1) is 0 Å². The molecule has 0 amide bonds. The Morgan fingerprint density at radius 1 is 1.62 bits per heavy atom. The molecule has 1 atom stereocenters. The molecule has 0 bridgehead atoms. The maximum absolute atomic E-state index is 10.7. The van der Waals surface area contributed by atoms with Crippen LogP contribution in [0.4, 0.5) is 5.82 Å². The van der Waals surface area contributed by atoms with Crippen LogP contribution in [0.3, 0.4) is 0 Å². The molecular formula is C10H14N2O4. The summed E-state index contributed by atoms with van der Waals surface area (Å²) in [6.07, 6.45) is -0.0668. The van der Waals surface area contributed by atoms with E-state index in [0.717, 1.165) is 0 Å². The van der Waals surface area contributed by atoms with E-state index in [0.29, 0.717) is 12.1 Å². The number of aliphatic hydroxyl groups excluding tert-OH is 1. The Balaban J connectivity index is 2.75. The highest BCUT2D eigenvalue weighted by atomic mass is 16.6. The smallest absolute Gasteiger partial charge is 0.406 e. The van der Waals surface area contributed by atoms with Gasteiger partial charge in [-0.05, 0) is 29.0 Å². The van der Waals surface area contributed by atoms with Gasteiger partial charge in [0.2, 0.25) is 5.75 Å². The minimum Gasteiger partial charge on any atom is -0.486 e. The maximum Gasteiger partial charge on any atom is 0.406 e. The lowest BCUT2D eigenvalue weighted by Gasteiger charge is -2.07. The Morgan fingerprint density at radius 3 is 2.88 bits per heavy atom. The van der Waals surface area contributed by atoms with E-state index in [1.54, 1.807) is 19.9 Å². The fraction of sp³-hybridized carbons (Fsp3) is 0.500. The van der Waals surface area contributed by atoms with Crippen LogP contribution in [0.1, 0.15) is 19.0 Å². The lowest BCUT2D eigenvalue weighted by Crippen LogP contribution is -2.09. The van der Waals surface area contributed by atoms with E-state index in [1.165, 1.54) is 6.07 Å². The van der Waals surface area contributed by atoms with Gasteiger partial charge in [0.05, 0.1) is 12.7 Å². The van der Waals surface area contributed by atoms with E-state index < -0.39 is 11.0 Å². The van der Waals surface area contributed by atoms with Crippen molar-refractivity contribution in [2.75, 3.05) is 6.61 Å². The van der Waals surface area contributed by atoms with Crippen LogP contribution in [0.2, 0.25) is 0 Å². The van der Waals surface area contributed by atoms with Gasteiger partial charge in [-0.25, -0.2) is 0 Å². The normalized spacial score (nSPS) is 12.2. The summed E-state index contributed by atoms with van der Waals surface area (Å²) in [5, 5.41) is 19.7. The largest absolute Gasteiger partial charge is 0.486 e. The van der Waals surface area contributed by atoms with Gasteiger partial charge in [0.15, 0.2) is 0 Å². The molecule has 1 N–H and O–H groups in total. The molecule has 0 aliphatic carbocycles. The monoisotopic (exact) mass is 226 g/mol. The summed E-state index contributed by atoms with van der Waals surface area (Å²) < 4.78 is 5.20. The van der Waals surface area contributed by atoms with E-state index in [-0.39, 0.29) is 18.2 Å². The molecule has 6 nitrogen and oxygen atoms in total. The highest BCUT2D eigenvalue weighted by molar-refractivity contribution is 5.40. The summed E-state index contributed by atoms with van der Waals surface area (Å²) in [5.41, 5.74) is 0.564. The fourth-order valence-electron chi connectivity index (χ4n) is 1.11. The van der Waals surface area contributed by atoms with Crippen molar-refractivity contribution in [1.82, 2.24) is 4.98 Å². The zero-order valence-corrected chi connectivity index (χ0v) is 9.21. The molecule has 0 saturated heterocycles. The van der Waals surface area contributed by atoms with E-state index in [4.69, 9.17) is 9.84 Å². The van der Waals surface area contributed by atoms with Gasteiger partial charge in [-0.1, -0.05) is 0 Å². The predicted octanol–water partition coefficient (Wildman–Crippen LogP) is 1.45. The topological polar surface area (TPSA) is 85.5 Å². The predicted molar refractivity (Wildman–Crippen MR) is 57.4 cm³/mol. The minimum absolute atomic E-state index is 0.135. The number of aliphatic hydroxyl groups is 1. The van der Waals surface area contributed by atoms with Crippen LogP contribution < -0.4 is 4.74 Å². The SMILES string of the molecule is Cc1ccc(OCCC(C)O)c([N+](=O)[O-])n1. The van der Waals surface area contributed by atoms with E-state index in [9.17, 15) is 10.1 Å². The standard InChI is InChI=1S/C10H14N2O4/c1-7-3-4-9(10(11-7)12(14)15)16-6-5-8(2)13/h3-4,8,13H,5-6H2,1-2H3. The molecule has 88 valence electrons. The summed E-state index contributed by atoms with van der Waals surface area (Å²) in [4.78, 5) is 13.9. The number of hydrogen-bond donors (Lipinski definition) is 1. The third-order valence-electron chi connectivity index (χ3n) is 1.94. The van der Waals surface area contributed by atoms with E-state index in [1.807, 2.05) is 0 Å². The van der Waals surface area contributed by atoms with Crippen LogP contribution in [0.25, 0.3) is 0 Å². The summed E-state index contributed by atoms with van der Waals surface area (Å²) in [6.45, 7) is 3.53. The molecule has 0 saturated carbocycles. The molecule has 1 heterocycles. The van der Waals surface area contributed by atoms with Crippen molar-refractivity contribution in [2.45, 2.75) is 26.4 Å². The van der Waals surface area contributed by atoms with Gasteiger partial charge < -0.3 is 20.0 Å². The molecule has 1 aromatic heterocycles. The van der Waals surface area contributed by atoms with Gasteiger partial charge in [0.25, 0.3) is 0 Å². The number of nitro groups is 1. The van der Waals surface area contributed by atoms with Crippen molar-refractivity contribution in [1.29, 1.82) is 0 Å². The van der Waals surface area contributed by atoms with E-state index in [2.05, 4.69) is 4.98 Å². The van der Waals surface area contributed by atoms with Gasteiger partial charge in [-0.2, -0.15) is 0 Å². The molecule has 0 radical (unpaired) electrons. The van der Waals surface area contributed by atoms with E-state index >= 15 is 0 Å². The summed E-state index contributed by atoms with van der Waals surface area (Å²) in [6, 6.07) is 3.16. The number of aromatic nitrogens is 1. The Kier molecular flexibility index (Phi) is 4.19. The Labute approximate surface area is 93.0 Å². The molecule has 16 heavy (non-hydrogen) atoms. The van der Waals surface area contributed by atoms with Crippen molar-refractivity contribution in [3.63, 3.8) is 0 Å². The second-order valence-electron chi connectivity index (χ2n) is 3.52. The first-order valence-corrected chi connectivity index (χ1v) is 4.93. The Bertz CT molecular complexity index is 379. The lowest BCUT2D eigenvalue weighted by molar-refractivity contribution is -0.390. The molecule has 0 aliphatic rings. The number of ether oxygens (including phenoxy) is 1. The van der Waals surface area contributed by atoms with Crippen molar-refractivity contribution in [2.24, 2.45) is 0 Å². The van der Waals surface area contributed by atoms with Crippen LogP contribution in [-0.2, 0) is 0 Å². The number of pyridine rings is 1. The molecule has 1 aromatic rings. The maximum atomic E-state index is 10.7. The quantitative estimate of drug-likeness (QED) is 0.606. The summed E-state index contributed by atoms with van der Waals surface area (Å²) >= 11 is 0. The average Bonchev–Trinajstić information content (AvgIpc) is 2.19. The first-order chi connectivity index (χ1) is 7.50. The zero-order chi connectivity index (χ0) is 12.1. The van der Waals surface area contributed by atoms with Crippen LogP contribution in [0.15, 0.2) is 12.1 Å². The molecule has 1 unspecified atom stereocenters. The van der Waals surface area contributed by atoms with Crippen molar-refractivity contribution < 1.29 is 14.8 Å². The van der Waals surface area contributed by atoms with Gasteiger partial charge in [0.1, 0.15) is 5.69 Å². The lowest BCUT2D eigenvalue weighted by atomic mass is 10.3. The van der Waals surface area contributed by atoms with Crippen LogP contribution >= 0.6 is 0 Å². The highest BCUT2D eigenvalue weighted by Crippen LogP contribution is 2.24. The molecule has 0 aliphatic heterocycles. The van der Waals surface area contributed by atoms with Gasteiger partial charge >= 0.3 is 5.82 Å². The first kappa shape index (κ1) is 12.4. The van der Waals surface area contributed by atoms with Gasteiger partial charge in [-0.3, -0.25) is 0 Å². The first-order valence-electron chi connectivity index (χ1n) is 4.93. The molecule has 0 fully saturated rings. The van der Waals surface area contributed by atoms with Crippen molar-refractivity contribution >= 4 is 5.82 Å². The molecule has 0 spiro atoms.